The molecule has 0 fully saturated rings. The Kier molecular flexibility index (Phi) is 6.36. The number of ether oxygens (including phenoxy) is 1. The summed E-state index contributed by atoms with van der Waals surface area (Å²) in [6, 6.07) is 27.7. The van der Waals surface area contributed by atoms with Gasteiger partial charge in [0.05, 0.1) is 18.4 Å². The van der Waals surface area contributed by atoms with Crippen molar-refractivity contribution in [3.63, 3.8) is 0 Å². The number of fused-ring (bicyclic) bond motifs is 1. The molecule has 7 nitrogen and oxygen atoms in total. The van der Waals surface area contributed by atoms with E-state index >= 15 is 0 Å². The number of amides is 2. The summed E-state index contributed by atoms with van der Waals surface area (Å²) < 4.78 is 11.6. The maximum Gasteiger partial charge on any atom is 0.298 e. The van der Waals surface area contributed by atoms with Gasteiger partial charge in [0, 0.05) is 25.6 Å². The van der Waals surface area contributed by atoms with Crippen LogP contribution in [0.1, 0.15) is 29.3 Å². The fourth-order valence-electron chi connectivity index (χ4n) is 4.40. The van der Waals surface area contributed by atoms with E-state index in [-0.39, 0.29) is 17.2 Å². The standard InChI is InChI=1S/C29H25N3O4/c1-20(33)32-25-16-10-9-15-23(25)26(28(32)34)27(35-2)24-19-36-29(30-24)31(17-21-11-5-3-6-12-21)18-22-13-7-4-8-14-22/h3-16,19H,17-18H2,1-2H3/b27-26+. The van der Waals surface area contributed by atoms with E-state index in [1.807, 2.05) is 47.4 Å². The summed E-state index contributed by atoms with van der Waals surface area (Å²) >= 11 is 0. The summed E-state index contributed by atoms with van der Waals surface area (Å²) in [6.07, 6.45) is 1.48. The third-order valence-electron chi connectivity index (χ3n) is 6.01. The lowest BCUT2D eigenvalue weighted by molar-refractivity contribution is -0.122. The maximum absolute atomic E-state index is 13.3. The van der Waals surface area contributed by atoms with Crippen LogP contribution < -0.4 is 9.80 Å². The molecule has 0 spiro atoms. The van der Waals surface area contributed by atoms with Gasteiger partial charge in [-0.2, -0.15) is 4.98 Å². The van der Waals surface area contributed by atoms with Crippen molar-refractivity contribution >= 4 is 34.8 Å². The molecule has 1 aliphatic rings. The molecule has 2 heterocycles. The van der Waals surface area contributed by atoms with E-state index in [1.54, 1.807) is 18.2 Å². The first kappa shape index (κ1) is 23.1. The van der Waals surface area contributed by atoms with E-state index < -0.39 is 5.91 Å². The van der Waals surface area contributed by atoms with Gasteiger partial charge in [-0.1, -0.05) is 78.9 Å². The number of anilines is 2. The third kappa shape index (κ3) is 4.38. The number of imide groups is 1. The Morgan fingerprint density at radius 3 is 2.08 bits per heavy atom. The van der Waals surface area contributed by atoms with Gasteiger partial charge in [-0.05, 0) is 17.2 Å². The Balaban J connectivity index is 1.55. The minimum atomic E-state index is -0.449. The molecule has 0 N–H and O–H groups in total. The van der Waals surface area contributed by atoms with Crippen molar-refractivity contribution in [1.82, 2.24) is 4.98 Å². The minimum Gasteiger partial charge on any atom is -0.493 e. The lowest BCUT2D eigenvalue weighted by atomic mass is 10.1. The topological polar surface area (TPSA) is 75.9 Å². The van der Waals surface area contributed by atoms with Crippen LogP contribution in [-0.4, -0.2) is 23.9 Å². The van der Waals surface area contributed by atoms with Crippen molar-refractivity contribution in [2.24, 2.45) is 0 Å². The highest BCUT2D eigenvalue weighted by Crippen LogP contribution is 2.41. The van der Waals surface area contributed by atoms with Gasteiger partial charge < -0.3 is 14.1 Å². The second-order valence-corrected chi connectivity index (χ2v) is 8.43. The highest BCUT2D eigenvalue weighted by Gasteiger charge is 2.38. The molecule has 0 unspecified atom stereocenters. The van der Waals surface area contributed by atoms with Gasteiger partial charge in [0.1, 0.15) is 12.0 Å². The summed E-state index contributed by atoms with van der Waals surface area (Å²) in [5.74, 6) is -0.559. The van der Waals surface area contributed by atoms with E-state index in [4.69, 9.17) is 14.1 Å². The SMILES string of the molecule is CO/C(=C1/C(=O)N(C(C)=O)c2ccccc21)c1coc(N(Cc2ccccc2)Cc2ccccc2)n1. The van der Waals surface area contributed by atoms with Gasteiger partial charge in [0.2, 0.25) is 5.91 Å². The molecule has 4 aromatic rings. The van der Waals surface area contributed by atoms with Gasteiger partial charge in [-0.3, -0.25) is 9.59 Å². The van der Waals surface area contributed by atoms with Crippen molar-refractivity contribution in [2.75, 3.05) is 16.9 Å². The number of hydrogen-bond acceptors (Lipinski definition) is 6. The Bertz CT molecular complexity index is 1390. The molecule has 0 aliphatic carbocycles. The zero-order valence-corrected chi connectivity index (χ0v) is 20.0. The largest absolute Gasteiger partial charge is 0.493 e. The fraction of sp³-hybridized carbons (Fsp3) is 0.138. The third-order valence-corrected chi connectivity index (χ3v) is 6.01. The summed E-state index contributed by atoms with van der Waals surface area (Å²) in [4.78, 5) is 33.5. The number of methoxy groups -OCH3 is 1. The predicted molar refractivity (Wildman–Crippen MR) is 138 cm³/mol. The Labute approximate surface area is 209 Å². The second-order valence-electron chi connectivity index (χ2n) is 8.43. The fourth-order valence-corrected chi connectivity index (χ4v) is 4.40. The van der Waals surface area contributed by atoms with Crippen LogP contribution in [0.15, 0.2) is 95.6 Å². The molecule has 0 bridgehead atoms. The predicted octanol–water partition coefficient (Wildman–Crippen LogP) is 5.29. The Morgan fingerprint density at radius 1 is 0.917 bits per heavy atom. The number of carbonyl (C=O) groups excluding carboxylic acids is 2. The van der Waals surface area contributed by atoms with E-state index in [9.17, 15) is 9.59 Å². The first-order valence-electron chi connectivity index (χ1n) is 11.6. The van der Waals surface area contributed by atoms with Crippen molar-refractivity contribution in [1.29, 1.82) is 0 Å². The summed E-state index contributed by atoms with van der Waals surface area (Å²) in [5.41, 5.74) is 4.01. The molecule has 2 amide bonds. The Hall–Kier alpha value is -4.65. The molecule has 0 saturated heterocycles. The second kappa shape index (κ2) is 9.92. The molecule has 36 heavy (non-hydrogen) atoms. The molecule has 0 radical (unpaired) electrons. The van der Waals surface area contributed by atoms with Crippen LogP contribution in [0.4, 0.5) is 11.7 Å². The summed E-state index contributed by atoms with van der Waals surface area (Å²) in [6.45, 7) is 2.52. The van der Waals surface area contributed by atoms with Crippen LogP contribution >= 0.6 is 0 Å². The number of aromatic nitrogens is 1. The summed E-state index contributed by atoms with van der Waals surface area (Å²) in [7, 11) is 1.48. The minimum absolute atomic E-state index is 0.255. The van der Waals surface area contributed by atoms with Gasteiger partial charge >= 0.3 is 0 Å². The zero-order chi connectivity index (χ0) is 25.1. The molecule has 0 saturated carbocycles. The molecule has 0 atom stereocenters. The number of benzene rings is 3. The number of oxazole rings is 1. The van der Waals surface area contributed by atoms with E-state index in [0.29, 0.717) is 36.0 Å². The highest BCUT2D eigenvalue weighted by atomic mass is 16.5. The van der Waals surface area contributed by atoms with Crippen molar-refractivity contribution in [3.05, 3.63) is 114 Å². The number of para-hydroxylation sites is 1. The van der Waals surface area contributed by atoms with E-state index in [2.05, 4.69) is 24.3 Å². The van der Waals surface area contributed by atoms with E-state index in [1.165, 1.54) is 20.3 Å². The Morgan fingerprint density at radius 2 is 1.50 bits per heavy atom. The highest BCUT2D eigenvalue weighted by molar-refractivity contribution is 6.42. The monoisotopic (exact) mass is 479 g/mol. The number of carbonyl (C=O) groups is 2. The molecular weight excluding hydrogens is 454 g/mol. The molecular formula is C29H25N3O4. The van der Waals surface area contributed by atoms with Gasteiger partial charge in [0.25, 0.3) is 11.9 Å². The molecule has 180 valence electrons. The van der Waals surface area contributed by atoms with Crippen LogP contribution in [-0.2, 0) is 27.4 Å². The van der Waals surface area contributed by atoms with Crippen LogP contribution in [0.25, 0.3) is 11.3 Å². The summed E-state index contributed by atoms with van der Waals surface area (Å²) in [5, 5.41) is 0. The molecule has 1 aromatic heterocycles. The van der Waals surface area contributed by atoms with Crippen LogP contribution in [0.5, 0.6) is 0 Å². The van der Waals surface area contributed by atoms with E-state index in [0.717, 1.165) is 16.0 Å². The van der Waals surface area contributed by atoms with Crippen molar-refractivity contribution in [2.45, 2.75) is 20.0 Å². The lowest BCUT2D eigenvalue weighted by Gasteiger charge is -2.21. The van der Waals surface area contributed by atoms with Crippen molar-refractivity contribution < 1.29 is 18.7 Å². The van der Waals surface area contributed by atoms with Gasteiger partial charge in [-0.15, -0.1) is 0 Å². The zero-order valence-electron chi connectivity index (χ0n) is 20.0. The smallest absolute Gasteiger partial charge is 0.298 e. The van der Waals surface area contributed by atoms with Crippen molar-refractivity contribution in [3.8, 4) is 0 Å². The number of nitrogens with zero attached hydrogens (tertiary/aromatic N) is 3. The average molecular weight is 480 g/mol. The maximum atomic E-state index is 13.3. The van der Waals surface area contributed by atoms with Gasteiger partial charge in [0.15, 0.2) is 5.76 Å². The molecule has 7 heteroatoms. The first-order valence-corrected chi connectivity index (χ1v) is 11.6. The van der Waals surface area contributed by atoms with Crippen LogP contribution in [0.2, 0.25) is 0 Å². The van der Waals surface area contributed by atoms with Crippen LogP contribution in [0.3, 0.4) is 0 Å². The first-order chi connectivity index (χ1) is 17.6. The lowest BCUT2D eigenvalue weighted by Crippen LogP contribution is -2.31. The molecule has 5 rings (SSSR count). The van der Waals surface area contributed by atoms with Gasteiger partial charge in [-0.25, -0.2) is 4.90 Å². The normalized spacial score (nSPS) is 13.9. The quantitative estimate of drug-likeness (QED) is 0.265. The number of rotatable bonds is 7. The number of hydrogen-bond donors (Lipinski definition) is 0. The average Bonchev–Trinajstić information content (AvgIpc) is 3.49. The molecule has 3 aromatic carbocycles. The molecule has 1 aliphatic heterocycles. The van der Waals surface area contributed by atoms with Crippen LogP contribution in [0, 0.1) is 0 Å².